The van der Waals surface area contributed by atoms with Gasteiger partial charge in [0.05, 0.1) is 6.61 Å². The maximum Gasteiger partial charge on any atom is 0.137 e. The Hall–Kier alpha value is -1.28. The molecular weight excluding hydrogens is 228 g/mol. The van der Waals surface area contributed by atoms with Gasteiger partial charge in [-0.25, -0.2) is 0 Å². The van der Waals surface area contributed by atoms with Gasteiger partial charge in [-0.2, -0.15) is 0 Å². The lowest BCUT2D eigenvalue weighted by molar-refractivity contribution is 0.308. The third-order valence-corrected chi connectivity index (χ3v) is 3.44. The highest BCUT2D eigenvalue weighted by Gasteiger charge is 2.06. The molecule has 1 aromatic heterocycles. The van der Waals surface area contributed by atoms with Crippen molar-refractivity contribution in [2.24, 2.45) is 0 Å². The number of hydrogen-bond acceptors (Lipinski definition) is 2. The van der Waals surface area contributed by atoms with E-state index in [0.717, 1.165) is 18.8 Å². The van der Waals surface area contributed by atoms with Crippen LogP contribution in [0.3, 0.4) is 0 Å². The predicted molar refractivity (Wildman–Crippen MR) is 74.8 cm³/mol. The van der Waals surface area contributed by atoms with Gasteiger partial charge >= 0.3 is 0 Å². The summed E-state index contributed by atoms with van der Waals surface area (Å²) in [4.78, 5) is 0. The second-order valence-electron chi connectivity index (χ2n) is 4.07. The van der Waals surface area contributed by atoms with Crippen LogP contribution in [-0.2, 0) is 0 Å². The Bertz CT molecular complexity index is 433. The lowest BCUT2D eigenvalue weighted by Gasteiger charge is -2.07. The molecule has 0 fully saturated rings. The van der Waals surface area contributed by atoms with Crippen molar-refractivity contribution in [3.63, 3.8) is 0 Å². The molecule has 0 radical (unpaired) electrons. The second-order valence-corrected chi connectivity index (χ2v) is 4.81. The van der Waals surface area contributed by atoms with Crippen LogP contribution in [0.4, 0.5) is 0 Å². The van der Waals surface area contributed by atoms with Crippen molar-refractivity contribution in [2.45, 2.75) is 26.2 Å². The fourth-order valence-corrected chi connectivity index (χ4v) is 2.53. The van der Waals surface area contributed by atoms with Crippen molar-refractivity contribution >= 4 is 11.3 Å². The van der Waals surface area contributed by atoms with Gasteiger partial charge in [0.25, 0.3) is 0 Å². The SMILES string of the molecule is CCCCCOc1cscc1-c1ccccc1. The molecule has 2 aromatic rings. The first-order valence-electron chi connectivity index (χ1n) is 6.16. The molecule has 0 unspecified atom stereocenters. The quantitative estimate of drug-likeness (QED) is 0.653. The fourth-order valence-electron chi connectivity index (χ4n) is 1.76. The van der Waals surface area contributed by atoms with E-state index >= 15 is 0 Å². The van der Waals surface area contributed by atoms with Crippen LogP contribution in [0.1, 0.15) is 26.2 Å². The van der Waals surface area contributed by atoms with Crippen LogP contribution in [0.5, 0.6) is 5.75 Å². The van der Waals surface area contributed by atoms with Crippen LogP contribution in [-0.4, -0.2) is 6.61 Å². The van der Waals surface area contributed by atoms with Crippen molar-refractivity contribution in [3.8, 4) is 16.9 Å². The number of unbranched alkanes of at least 4 members (excludes halogenated alkanes) is 2. The van der Waals surface area contributed by atoms with E-state index in [1.54, 1.807) is 11.3 Å². The molecule has 1 heterocycles. The normalized spacial score (nSPS) is 10.4. The van der Waals surface area contributed by atoms with Crippen LogP contribution in [0.25, 0.3) is 11.1 Å². The Balaban J connectivity index is 2.02. The standard InChI is InChI=1S/C15H18OS/c1-2-3-7-10-16-15-12-17-11-14(15)13-8-5-4-6-9-13/h4-6,8-9,11-12H,2-3,7,10H2,1H3. The predicted octanol–water partition coefficient (Wildman–Crippen LogP) is 4.98. The van der Waals surface area contributed by atoms with Gasteiger partial charge in [-0.15, -0.1) is 11.3 Å². The first-order chi connectivity index (χ1) is 8.42. The van der Waals surface area contributed by atoms with E-state index in [9.17, 15) is 0 Å². The van der Waals surface area contributed by atoms with Crippen molar-refractivity contribution in [1.82, 2.24) is 0 Å². The van der Waals surface area contributed by atoms with Crippen molar-refractivity contribution in [2.75, 3.05) is 6.61 Å². The molecule has 0 aliphatic rings. The fraction of sp³-hybridized carbons (Fsp3) is 0.333. The second kappa shape index (κ2) is 6.45. The third-order valence-electron chi connectivity index (χ3n) is 2.72. The third kappa shape index (κ3) is 3.34. The maximum atomic E-state index is 5.84. The van der Waals surface area contributed by atoms with Gasteiger partial charge in [0.15, 0.2) is 0 Å². The molecule has 2 heteroatoms. The van der Waals surface area contributed by atoms with E-state index in [1.807, 2.05) is 6.07 Å². The number of hydrogen-bond donors (Lipinski definition) is 0. The van der Waals surface area contributed by atoms with Crippen molar-refractivity contribution in [3.05, 3.63) is 41.1 Å². The van der Waals surface area contributed by atoms with E-state index in [4.69, 9.17) is 4.74 Å². The molecule has 0 saturated carbocycles. The van der Waals surface area contributed by atoms with E-state index in [2.05, 4.69) is 41.9 Å². The summed E-state index contributed by atoms with van der Waals surface area (Å²) in [5, 5.41) is 4.25. The lowest BCUT2D eigenvalue weighted by atomic mass is 10.1. The molecule has 1 nitrogen and oxygen atoms in total. The molecule has 0 aliphatic carbocycles. The van der Waals surface area contributed by atoms with Gasteiger partial charge in [0.1, 0.15) is 5.75 Å². The number of rotatable bonds is 6. The largest absolute Gasteiger partial charge is 0.492 e. The summed E-state index contributed by atoms with van der Waals surface area (Å²) in [6, 6.07) is 10.4. The Morgan fingerprint density at radius 3 is 2.65 bits per heavy atom. The average molecular weight is 246 g/mol. The molecule has 1 aromatic carbocycles. The molecule has 17 heavy (non-hydrogen) atoms. The zero-order valence-corrected chi connectivity index (χ0v) is 11.0. The minimum absolute atomic E-state index is 0.824. The summed E-state index contributed by atoms with van der Waals surface area (Å²) < 4.78 is 5.84. The van der Waals surface area contributed by atoms with E-state index in [0.29, 0.717) is 0 Å². The zero-order valence-electron chi connectivity index (χ0n) is 10.2. The molecule has 0 aliphatic heterocycles. The van der Waals surface area contributed by atoms with Crippen LogP contribution in [0, 0.1) is 0 Å². The summed E-state index contributed by atoms with van der Waals surface area (Å²) in [7, 11) is 0. The van der Waals surface area contributed by atoms with Gasteiger partial charge in [0, 0.05) is 16.3 Å². The molecule has 0 amide bonds. The van der Waals surface area contributed by atoms with Crippen LogP contribution < -0.4 is 4.74 Å². The zero-order chi connectivity index (χ0) is 11.9. The van der Waals surface area contributed by atoms with E-state index in [-0.39, 0.29) is 0 Å². The topological polar surface area (TPSA) is 9.23 Å². The van der Waals surface area contributed by atoms with Crippen LogP contribution >= 0.6 is 11.3 Å². The van der Waals surface area contributed by atoms with Crippen molar-refractivity contribution < 1.29 is 4.74 Å². The van der Waals surface area contributed by atoms with Gasteiger partial charge < -0.3 is 4.74 Å². The highest BCUT2D eigenvalue weighted by molar-refractivity contribution is 7.08. The summed E-state index contributed by atoms with van der Waals surface area (Å²) in [5.41, 5.74) is 2.45. The molecule has 2 rings (SSSR count). The molecule has 90 valence electrons. The summed E-state index contributed by atoms with van der Waals surface area (Å²) in [6.45, 7) is 3.03. The number of thiophene rings is 1. The van der Waals surface area contributed by atoms with Crippen LogP contribution in [0.15, 0.2) is 41.1 Å². The van der Waals surface area contributed by atoms with Gasteiger partial charge in [-0.05, 0) is 12.0 Å². The van der Waals surface area contributed by atoms with E-state index in [1.165, 1.54) is 24.0 Å². The first kappa shape index (κ1) is 12.2. The van der Waals surface area contributed by atoms with Gasteiger partial charge in [-0.1, -0.05) is 50.1 Å². The lowest BCUT2D eigenvalue weighted by Crippen LogP contribution is -1.96. The minimum atomic E-state index is 0.824. The first-order valence-corrected chi connectivity index (χ1v) is 7.10. The number of benzene rings is 1. The Morgan fingerprint density at radius 1 is 1.06 bits per heavy atom. The maximum absolute atomic E-state index is 5.84. The van der Waals surface area contributed by atoms with Gasteiger partial charge in [0.2, 0.25) is 0 Å². The smallest absolute Gasteiger partial charge is 0.137 e. The van der Waals surface area contributed by atoms with Crippen molar-refractivity contribution in [1.29, 1.82) is 0 Å². The Labute approximate surface area is 107 Å². The molecule has 0 spiro atoms. The molecule has 0 saturated heterocycles. The summed E-state index contributed by atoms with van der Waals surface area (Å²) in [6.07, 6.45) is 3.62. The van der Waals surface area contributed by atoms with E-state index < -0.39 is 0 Å². The monoisotopic (exact) mass is 246 g/mol. The molecular formula is C15H18OS. The molecule has 0 N–H and O–H groups in total. The minimum Gasteiger partial charge on any atom is -0.492 e. The molecule has 0 atom stereocenters. The molecule has 0 bridgehead atoms. The highest BCUT2D eigenvalue weighted by Crippen LogP contribution is 2.33. The summed E-state index contributed by atoms with van der Waals surface area (Å²) >= 11 is 1.70. The van der Waals surface area contributed by atoms with Crippen LogP contribution in [0.2, 0.25) is 0 Å². The Morgan fingerprint density at radius 2 is 1.88 bits per heavy atom. The van der Waals surface area contributed by atoms with Gasteiger partial charge in [-0.3, -0.25) is 0 Å². The summed E-state index contributed by atoms with van der Waals surface area (Å²) in [5.74, 6) is 1.03. The highest BCUT2D eigenvalue weighted by atomic mass is 32.1. The number of ether oxygens (including phenoxy) is 1. The Kier molecular flexibility index (Phi) is 4.63. The average Bonchev–Trinajstić information content (AvgIpc) is 2.84.